The Morgan fingerprint density at radius 2 is 1.85 bits per heavy atom. The Bertz CT molecular complexity index is 947. The second kappa shape index (κ2) is 8.00. The van der Waals surface area contributed by atoms with Gasteiger partial charge in [0.25, 0.3) is 5.91 Å². The Balaban J connectivity index is 1.52. The van der Waals surface area contributed by atoms with Gasteiger partial charge in [-0.05, 0) is 31.2 Å². The van der Waals surface area contributed by atoms with E-state index in [1.165, 1.54) is 18.4 Å². The maximum Gasteiger partial charge on any atom is 0.361 e. The molecular weight excluding hydrogens is 354 g/mol. The number of hydrazine groups is 1. The molecule has 3 aromatic rings. The topological polar surface area (TPSA) is 124 Å². The van der Waals surface area contributed by atoms with Gasteiger partial charge in [0.15, 0.2) is 18.1 Å². The summed E-state index contributed by atoms with van der Waals surface area (Å²) in [6, 6.07) is 12.0. The molecule has 0 radical (unpaired) electrons. The molecule has 0 aliphatic carbocycles. The van der Waals surface area contributed by atoms with Crippen molar-refractivity contribution in [2.24, 2.45) is 0 Å². The minimum Gasteiger partial charge on any atom is -0.459 e. The molecule has 27 heavy (non-hydrogen) atoms. The molecule has 2 heterocycles. The van der Waals surface area contributed by atoms with Gasteiger partial charge in [-0.15, -0.1) is 0 Å². The summed E-state index contributed by atoms with van der Waals surface area (Å²) in [6.45, 7) is 0.962. The van der Waals surface area contributed by atoms with E-state index in [0.29, 0.717) is 5.56 Å². The molecule has 0 bridgehead atoms. The van der Waals surface area contributed by atoms with Gasteiger partial charge in [0.05, 0.1) is 6.26 Å². The van der Waals surface area contributed by atoms with Crippen LogP contribution in [-0.4, -0.2) is 29.4 Å². The van der Waals surface area contributed by atoms with E-state index >= 15 is 0 Å². The number of aromatic nitrogens is 1. The molecule has 9 nitrogen and oxygen atoms in total. The number of rotatable bonds is 5. The second-order valence-electron chi connectivity index (χ2n) is 5.35. The molecule has 138 valence electrons. The number of carbonyl (C=O) groups is 3. The van der Waals surface area contributed by atoms with Crippen molar-refractivity contribution in [3.8, 4) is 11.5 Å². The Morgan fingerprint density at radius 1 is 1.07 bits per heavy atom. The minimum absolute atomic E-state index is 0.0266. The van der Waals surface area contributed by atoms with E-state index in [1.807, 2.05) is 18.2 Å². The van der Waals surface area contributed by atoms with Crippen LogP contribution in [0.5, 0.6) is 0 Å². The lowest BCUT2D eigenvalue weighted by Gasteiger charge is -2.06. The molecule has 9 heteroatoms. The smallest absolute Gasteiger partial charge is 0.361 e. The van der Waals surface area contributed by atoms with Crippen molar-refractivity contribution in [3.05, 3.63) is 65.9 Å². The Labute approximate surface area is 153 Å². The third-order valence-corrected chi connectivity index (χ3v) is 3.41. The van der Waals surface area contributed by atoms with Gasteiger partial charge >= 0.3 is 11.9 Å². The molecule has 2 amide bonds. The lowest BCUT2D eigenvalue weighted by Crippen LogP contribution is -2.43. The third-order valence-electron chi connectivity index (χ3n) is 3.41. The van der Waals surface area contributed by atoms with Gasteiger partial charge in [-0.25, -0.2) is 9.78 Å². The molecular formula is C18H15N3O6. The number of hydrogen-bond donors (Lipinski definition) is 2. The van der Waals surface area contributed by atoms with Gasteiger partial charge in [0, 0.05) is 5.56 Å². The van der Waals surface area contributed by atoms with Crippen molar-refractivity contribution < 1.29 is 28.0 Å². The summed E-state index contributed by atoms with van der Waals surface area (Å²) in [7, 11) is 0. The standard InChI is InChI=1S/C18H15N3O6/c1-11-15(19-17(27-11)12-6-3-2-4-7-12)18(24)26-10-14(22)20-21-16(23)13-8-5-9-25-13/h2-9H,10H2,1H3,(H,20,22)(H,21,23). The molecule has 0 aliphatic heterocycles. The first-order valence-electron chi connectivity index (χ1n) is 7.87. The summed E-state index contributed by atoms with van der Waals surface area (Å²) in [5.41, 5.74) is 4.91. The highest BCUT2D eigenvalue weighted by atomic mass is 16.5. The van der Waals surface area contributed by atoms with Crippen LogP contribution in [0.2, 0.25) is 0 Å². The zero-order valence-electron chi connectivity index (χ0n) is 14.2. The number of furan rings is 1. The monoisotopic (exact) mass is 369 g/mol. The molecule has 2 N–H and O–H groups in total. The number of aryl methyl sites for hydroxylation is 1. The van der Waals surface area contributed by atoms with Gasteiger partial charge in [0.1, 0.15) is 5.76 Å². The lowest BCUT2D eigenvalue weighted by atomic mass is 10.2. The molecule has 0 saturated heterocycles. The largest absolute Gasteiger partial charge is 0.459 e. The fourth-order valence-corrected chi connectivity index (χ4v) is 2.12. The number of esters is 1. The van der Waals surface area contributed by atoms with Crippen molar-refractivity contribution in [2.45, 2.75) is 6.92 Å². The fraction of sp³-hybridized carbons (Fsp3) is 0.111. The number of nitrogens with zero attached hydrogens (tertiary/aromatic N) is 1. The molecule has 0 atom stereocenters. The van der Waals surface area contributed by atoms with Crippen LogP contribution in [0.3, 0.4) is 0 Å². The van der Waals surface area contributed by atoms with Crippen LogP contribution in [0.1, 0.15) is 26.8 Å². The van der Waals surface area contributed by atoms with E-state index in [0.717, 1.165) is 0 Å². The molecule has 0 aliphatic rings. The van der Waals surface area contributed by atoms with E-state index < -0.39 is 24.4 Å². The average molecular weight is 369 g/mol. The number of carbonyl (C=O) groups excluding carboxylic acids is 3. The quantitative estimate of drug-likeness (QED) is 0.520. The minimum atomic E-state index is -0.814. The highest BCUT2D eigenvalue weighted by Crippen LogP contribution is 2.21. The predicted molar refractivity (Wildman–Crippen MR) is 91.3 cm³/mol. The second-order valence-corrected chi connectivity index (χ2v) is 5.35. The number of oxazole rings is 1. The van der Waals surface area contributed by atoms with Crippen LogP contribution in [0.15, 0.2) is 57.6 Å². The number of nitrogens with one attached hydrogen (secondary N) is 2. The molecule has 3 rings (SSSR count). The zero-order valence-corrected chi connectivity index (χ0v) is 14.2. The maximum atomic E-state index is 12.1. The van der Waals surface area contributed by atoms with Gasteiger partial charge in [0.2, 0.25) is 5.89 Å². The van der Waals surface area contributed by atoms with E-state index in [1.54, 1.807) is 19.1 Å². The molecule has 0 saturated carbocycles. The summed E-state index contributed by atoms with van der Waals surface area (Å²) in [5.74, 6) is -1.61. The number of ether oxygens (including phenoxy) is 1. The van der Waals surface area contributed by atoms with Crippen LogP contribution in [0.4, 0.5) is 0 Å². The zero-order chi connectivity index (χ0) is 19.2. The highest BCUT2D eigenvalue weighted by Gasteiger charge is 2.20. The van der Waals surface area contributed by atoms with E-state index in [-0.39, 0.29) is 23.1 Å². The first kappa shape index (κ1) is 17.9. The number of benzene rings is 1. The Kier molecular flexibility index (Phi) is 5.31. The summed E-state index contributed by atoms with van der Waals surface area (Å²) in [5, 5.41) is 0. The average Bonchev–Trinajstić information content (AvgIpc) is 3.35. The molecule has 1 aromatic carbocycles. The Morgan fingerprint density at radius 3 is 2.56 bits per heavy atom. The van der Waals surface area contributed by atoms with E-state index in [4.69, 9.17) is 13.6 Å². The summed E-state index contributed by atoms with van der Waals surface area (Å²) in [6.07, 6.45) is 1.32. The Hall–Kier alpha value is -3.88. The van der Waals surface area contributed by atoms with Crippen LogP contribution in [0, 0.1) is 6.92 Å². The lowest BCUT2D eigenvalue weighted by molar-refractivity contribution is -0.125. The molecule has 0 spiro atoms. The van der Waals surface area contributed by atoms with E-state index in [9.17, 15) is 14.4 Å². The van der Waals surface area contributed by atoms with Crippen molar-refractivity contribution in [3.63, 3.8) is 0 Å². The van der Waals surface area contributed by atoms with Crippen LogP contribution < -0.4 is 10.9 Å². The van der Waals surface area contributed by atoms with Crippen molar-refractivity contribution >= 4 is 17.8 Å². The van der Waals surface area contributed by atoms with Crippen LogP contribution >= 0.6 is 0 Å². The van der Waals surface area contributed by atoms with Crippen LogP contribution in [-0.2, 0) is 9.53 Å². The number of hydrogen-bond acceptors (Lipinski definition) is 7. The third kappa shape index (κ3) is 4.40. The number of amides is 2. The first-order chi connectivity index (χ1) is 13.0. The summed E-state index contributed by atoms with van der Waals surface area (Å²) >= 11 is 0. The molecule has 0 unspecified atom stereocenters. The normalized spacial score (nSPS) is 10.3. The van der Waals surface area contributed by atoms with E-state index in [2.05, 4.69) is 15.8 Å². The van der Waals surface area contributed by atoms with Crippen molar-refractivity contribution in [1.82, 2.24) is 15.8 Å². The predicted octanol–water partition coefficient (Wildman–Crippen LogP) is 1.86. The van der Waals surface area contributed by atoms with Gasteiger partial charge < -0.3 is 13.6 Å². The maximum absolute atomic E-state index is 12.1. The van der Waals surface area contributed by atoms with Gasteiger partial charge in [-0.3, -0.25) is 20.4 Å². The first-order valence-corrected chi connectivity index (χ1v) is 7.87. The van der Waals surface area contributed by atoms with Crippen molar-refractivity contribution in [2.75, 3.05) is 6.61 Å². The van der Waals surface area contributed by atoms with Crippen molar-refractivity contribution in [1.29, 1.82) is 0 Å². The SMILES string of the molecule is Cc1oc(-c2ccccc2)nc1C(=O)OCC(=O)NNC(=O)c1ccco1. The van der Waals surface area contributed by atoms with Gasteiger partial charge in [-0.2, -0.15) is 0 Å². The van der Waals surface area contributed by atoms with Crippen LogP contribution in [0.25, 0.3) is 11.5 Å². The highest BCUT2D eigenvalue weighted by molar-refractivity contribution is 5.94. The summed E-state index contributed by atoms with van der Waals surface area (Å²) < 4.78 is 15.2. The summed E-state index contributed by atoms with van der Waals surface area (Å²) in [4.78, 5) is 39.5. The molecule has 2 aromatic heterocycles. The fourth-order valence-electron chi connectivity index (χ4n) is 2.12. The van der Waals surface area contributed by atoms with Gasteiger partial charge in [-0.1, -0.05) is 18.2 Å². The molecule has 0 fully saturated rings.